The molecule has 4 aromatic rings. The van der Waals surface area contributed by atoms with Gasteiger partial charge < -0.3 is 28.6 Å². The summed E-state index contributed by atoms with van der Waals surface area (Å²) in [5, 5.41) is 0.779. The first-order chi connectivity index (χ1) is 19.1. The summed E-state index contributed by atoms with van der Waals surface area (Å²) in [6.07, 6.45) is 2.67. The molecule has 1 aliphatic heterocycles. The highest BCUT2D eigenvalue weighted by atomic mass is 32.1. The van der Waals surface area contributed by atoms with E-state index in [1.54, 1.807) is 20.5 Å². The number of rotatable bonds is 11. The summed E-state index contributed by atoms with van der Waals surface area (Å²) in [5.41, 5.74) is 2.23. The predicted molar refractivity (Wildman–Crippen MR) is 152 cm³/mol. The molecule has 39 heavy (non-hydrogen) atoms. The number of piperazine rings is 1. The Morgan fingerprint density at radius 1 is 1.00 bits per heavy atom. The van der Waals surface area contributed by atoms with Crippen molar-refractivity contribution in [2.75, 3.05) is 56.7 Å². The molecule has 10 heteroatoms. The molecule has 1 aliphatic rings. The van der Waals surface area contributed by atoms with Crippen LogP contribution in [0, 0.1) is 0 Å². The molecule has 1 fully saturated rings. The maximum absolute atomic E-state index is 13.2. The SMILES string of the molecule is COc1ccc(N2CCN(C(=O)CCN(Cc3ccco3)c3nc(Cc4cccc(OC)c4)ns3)CC2)cc1. The van der Waals surface area contributed by atoms with Gasteiger partial charge in [-0.05, 0) is 54.1 Å². The van der Waals surface area contributed by atoms with Crippen LogP contribution in [0.1, 0.15) is 23.6 Å². The molecular formula is C29H33N5O4S. The number of carbonyl (C=O) groups is 1. The second-order valence-electron chi connectivity index (χ2n) is 9.34. The number of nitrogens with zero attached hydrogens (tertiary/aromatic N) is 5. The fraction of sp³-hybridized carbons (Fsp3) is 0.345. The van der Waals surface area contributed by atoms with Crippen molar-refractivity contribution in [3.05, 3.63) is 84.1 Å². The van der Waals surface area contributed by atoms with Crippen LogP contribution in [0.5, 0.6) is 11.5 Å². The molecule has 204 valence electrons. The minimum atomic E-state index is 0.148. The first-order valence-electron chi connectivity index (χ1n) is 13.0. The summed E-state index contributed by atoms with van der Waals surface area (Å²) in [7, 11) is 3.33. The Morgan fingerprint density at radius 3 is 2.51 bits per heavy atom. The number of anilines is 2. The molecule has 0 spiro atoms. The number of furan rings is 1. The molecular weight excluding hydrogens is 514 g/mol. The van der Waals surface area contributed by atoms with Crippen LogP contribution in [0.3, 0.4) is 0 Å². The van der Waals surface area contributed by atoms with Crippen LogP contribution >= 0.6 is 11.5 Å². The van der Waals surface area contributed by atoms with Gasteiger partial charge in [-0.15, -0.1) is 0 Å². The Labute approximate surface area is 232 Å². The molecule has 0 N–H and O–H groups in total. The summed E-state index contributed by atoms with van der Waals surface area (Å²) < 4.78 is 20.8. The van der Waals surface area contributed by atoms with Crippen molar-refractivity contribution < 1.29 is 18.7 Å². The van der Waals surface area contributed by atoms with E-state index in [4.69, 9.17) is 18.9 Å². The minimum Gasteiger partial charge on any atom is -0.497 e. The molecule has 5 rings (SSSR count). The predicted octanol–water partition coefficient (Wildman–Crippen LogP) is 4.48. The molecule has 0 atom stereocenters. The van der Waals surface area contributed by atoms with Gasteiger partial charge in [0.15, 0.2) is 0 Å². The second kappa shape index (κ2) is 12.7. The lowest BCUT2D eigenvalue weighted by Gasteiger charge is -2.36. The second-order valence-corrected chi connectivity index (χ2v) is 10.1. The average Bonchev–Trinajstić information content (AvgIpc) is 3.68. The molecule has 0 aliphatic carbocycles. The molecule has 0 radical (unpaired) electrons. The van der Waals surface area contributed by atoms with Gasteiger partial charge in [0.1, 0.15) is 23.1 Å². The number of hydrogen-bond donors (Lipinski definition) is 0. The Morgan fingerprint density at radius 2 is 1.79 bits per heavy atom. The Hall–Kier alpha value is -4.05. The van der Waals surface area contributed by atoms with E-state index in [-0.39, 0.29) is 5.91 Å². The van der Waals surface area contributed by atoms with Gasteiger partial charge in [-0.25, -0.2) is 4.98 Å². The summed E-state index contributed by atoms with van der Waals surface area (Å²) in [6.45, 7) is 4.07. The van der Waals surface area contributed by atoms with E-state index in [0.29, 0.717) is 39.0 Å². The standard InChI is InChI=1S/C29H33N5O4S/c1-36-24-10-8-23(9-11-24)32-14-16-33(17-15-32)28(35)12-13-34(21-26-7-4-18-38-26)29-30-27(31-39-29)20-22-5-3-6-25(19-22)37-2/h3-11,18-19H,12-17,20-21H2,1-2H3. The zero-order valence-electron chi connectivity index (χ0n) is 22.3. The molecule has 1 amide bonds. The minimum absolute atomic E-state index is 0.148. The van der Waals surface area contributed by atoms with E-state index in [1.807, 2.05) is 53.4 Å². The van der Waals surface area contributed by atoms with Crippen LogP contribution in [-0.2, 0) is 17.8 Å². The number of methoxy groups -OCH3 is 2. The Kier molecular flexibility index (Phi) is 8.62. The summed E-state index contributed by atoms with van der Waals surface area (Å²) in [4.78, 5) is 24.3. The summed E-state index contributed by atoms with van der Waals surface area (Å²) in [6, 6.07) is 19.8. The third-order valence-electron chi connectivity index (χ3n) is 6.82. The van der Waals surface area contributed by atoms with E-state index < -0.39 is 0 Å². The number of ether oxygens (including phenoxy) is 2. The van der Waals surface area contributed by atoms with Gasteiger partial charge in [0.2, 0.25) is 11.0 Å². The van der Waals surface area contributed by atoms with Crippen molar-refractivity contribution in [2.45, 2.75) is 19.4 Å². The van der Waals surface area contributed by atoms with E-state index in [9.17, 15) is 4.79 Å². The molecule has 9 nitrogen and oxygen atoms in total. The lowest BCUT2D eigenvalue weighted by molar-refractivity contribution is -0.131. The lowest BCUT2D eigenvalue weighted by atomic mass is 10.1. The van der Waals surface area contributed by atoms with Crippen LogP contribution in [-0.4, -0.2) is 67.1 Å². The molecule has 0 bridgehead atoms. The number of aromatic nitrogens is 2. The van der Waals surface area contributed by atoms with Crippen LogP contribution < -0.4 is 19.3 Å². The van der Waals surface area contributed by atoms with Crippen molar-refractivity contribution in [3.8, 4) is 11.5 Å². The van der Waals surface area contributed by atoms with E-state index >= 15 is 0 Å². The third kappa shape index (κ3) is 6.88. The Bertz CT molecular complexity index is 1330. The summed E-state index contributed by atoms with van der Waals surface area (Å²) in [5.74, 6) is 3.36. The van der Waals surface area contributed by atoms with Crippen LogP contribution in [0.15, 0.2) is 71.3 Å². The van der Waals surface area contributed by atoms with Gasteiger partial charge in [-0.3, -0.25) is 4.79 Å². The fourth-order valence-corrected chi connectivity index (χ4v) is 5.35. The van der Waals surface area contributed by atoms with E-state index in [1.165, 1.54) is 11.5 Å². The molecule has 1 saturated heterocycles. The van der Waals surface area contributed by atoms with Crippen molar-refractivity contribution in [3.63, 3.8) is 0 Å². The van der Waals surface area contributed by atoms with Crippen LogP contribution in [0.2, 0.25) is 0 Å². The van der Waals surface area contributed by atoms with Crippen molar-refractivity contribution in [1.82, 2.24) is 14.3 Å². The van der Waals surface area contributed by atoms with Crippen molar-refractivity contribution in [2.24, 2.45) is 0 Å². The van der Waals surface area contributed by atoms with Gasteiger partial charge in [-0.1, -0.05) is 12.1 Å². The summed E-state index contributed by atoms with van der Waals surface area (Å²) >= 11 is 1.35. The fourth-order valence-electron chi connectivity index (χ4n) is 4.64. The maximum Gasteiger partial charge on any atom is 0.224 e. The topological polar surface area (TPSA) is 84.2 Å². The van der Waals surface area contributed by atoms with E-state index in [2.05, 4.69) is 26.3 Å². The van der Waals surface area contributed by atoms with Gasteiger partial charge in [0, 0.05) is 62.8 Å². The first kappa shape index (κ1) is 26.6. The normalized spacial score (nSPS) is 13.4. The zero-order chi connectivity index (χ0) is 27.0. The molecule has 3 heterocycles. The van der Waals surface area contributed by atoms with Crippen LogP contribution in [0.4, 0.5) is 10.8 Å². The number of carbonyl (C=O) groups excluding carboxylic acids is 1. The van der Waals surface area contributed by atoms with Gasteiger partial charge >= 0.3 is 0 Å². The number of hydrogen-bond acceptors (Lipinski definition) is 9. The lowest BCUT2D eigenvalue weighted by Crippen LogP contribution is -2.49. The largest absolute Gasteiger partial charge is 0.497 e. The quantitative estimate of drug-likeness (QED) is 0.272. The maximum atomic E-state index is 13.2. The molecule has 2 aromatic heterocycles. The smallest absolute Gasteiger partial charge is 0.224 e. The first-order valence-corrected chi connectivity index (χ1v) is 13.8. The monoisotopic (exact) mass is 547 g/mol. The van der Waals surface area contributed by atoms with Gasteiger partial charge in [0.05, 0.1) is 27.0 Å². The third-order valence-corrected chi connectivity index (χ3v) is 7.63. The van der Waals surface area contributed by atoms with Crippen LogP contribution in [0.25, 0.3) is 0 Å². The highest BCUT2D eigenvalue weighted by Gasteiger charge is 2.23. The number of benzene rings is 2. The number of amides is 1. The van der Waals surface area contributed by atoms with Crippen molar-refractivity contribution >= 4 is 28.3 Å². The highest BCUT2D eigenvalue weighted by Crippen LogP contribution is 2.24. The molecule has 0 unspecified atom stereocenters. The molecule has 2 aromatic carbocycles. The van der Waals surface area contributed by atoms with Gasteiger partial charge in [0.25, 0.3) is 0 Å². The van der Waals surface area contributed by atoms with Crippen molar-refractivity contribution in [1.29, 1.82) is 0 Å². The average molecular weight is 548 g/mol. The highest BCUT2D eigenvalue weighted by molar-refractivity contribution is 7.09. The molecule has 0 saturated carbocycles. The zero-order valence-corrected chi connectivity index (χ0v) is 23.1. The Balaban J connectivity index is 1.19. The van der Waals surface area contributed by atoms with Gasteiger partial charge in [-0.2, -0.15) is 4.37 Å². The van der Waals surface area contributed by atoms with E-state index in [0.717, 1.165) is 52.6 Å².